The van der Waals surface area contributed by atoms with E-state index < -0.39 is 0 Å². The molecule has 1 saturated heterocycles. The summed E-state index contributed by atoms with van der Waals surface area (Å²) in [5, 5.41) is 1.07. The molecule has 1 aliphatic heterocycles. The highest BCUT2D eigenvalue weighted by Gasteiger charge is 2.20. The van der Waals surface area contributed by atoms with E-state index in [1.54, 1.807) is 11.3 Å². The number of anilines is 2. The molecule has 3 aromatic rings. The van der Waals surface area contributed by atoms with Crippen LogP contribution in [0.15, 0.2) is 42.7 Å². The molecule has 1 aliphatic rings. The van der Waals surface area contributed by atoms with Crippen molar-refractivity contribution in [3.05, 3.63) is 42.7 Å². The fraction of sp³-hybridized carbons (Fsp3) is 0.267. The molecular formula is C15H15N5S. The van der Waals surface area contributed by atoms with Crippen LogP contribution in [0.5, 0.6) is 0 Å². The van der Waals surface area contributed by atoms with Gasteiger partial charge in [0.2, 0.25) is 0 Å². The highest BCUT2D eigenvalue weighted by atomic mass is 32.1. The van der Waals surface area contributed by atoms with E-state index in [-0.39, 0.29) is 0 Å². The monoisotopic (exact) mass is 297 g/mol. The van der Waals surface area contributed by atoms with Crippen LogP contribution in [0.3, 0.4) is 0 Å². The first kappa shape index (κ1) is 12.5. The molecule has 6 heteroatoms. The van der Waals surface area contributed by atoms with Crippen molar-refractivity contribution >= 4 is 32.6 Å². The van der Waals surface area contributed by atoms with E-state index in [1.165, 1.54) is 0 Å². The average molecular weight is 297 g/mol. The molecule has 21 heavy (non-hydrogen) atoms. The van der Waals surface area contributed by atoms with Crippen molar-refractivity contribution in [1.82, 2.24) is 15.0 Å². The first-order valence-corrected chi connectivity index (χ1v) is 7.84. The number of thiazole rings is 1. The third-order valence-corrected chi connectivity index (χ3v) is 4.72. The molecule has 0 aromatic carbocycles. The van der Waals surface area contributed by atoms with E-state index in [0.29, 0.717) is 0 Å². The Morgan fingerprint density at radius 2 is 1.67 bits per heavy atom. The van der Waals surface area contributed by atoms with Gasteiger partial charge in [-0.2, -0.15) is 0 Å². The lowest BCUT2D eigenvalue weighted by molar-refractivity contribution is 0.646. The normalized spacial score (nSPS) is 15.6. The van der Waals surface area contributed by atoms with Crippen LogP contribution in [0.1, 0.15) is 0 Å². The van der Waals surface area contributed by atoms with Crippen LogP contribution in [0.2, 0.25) is 0 Å². The van der Waals surface area contributed by atoms with Crippen LogP contribution in [0, 0.1) is 0 Å². The standard InChI is InChI=1S/C15H15N5S/c1-2-6-16-13(5-1)19-8-10-20(11-9-19)15-18-12-4-3-7-17-14(12)21-15/h1-7H,8-11H2. The maximum atomic E-state index is 4.68. The van der Waals surface area contributed by atoms with Crippen LogP contribution in [-0.4, -0.2) is 41.1 Å². The predicted molar refractivity (Wildman–Crippen MR) is 86.1 cm³/mol. The van der Waals surface area contributed by atoms with E-state index in [2.05, 4.69) is 30.8 Å². The summed E-state index contributed by atoms with van der Waals surface area (Å²) in [6.45, 7) is 3.88. The number of hydrogen-bond donors (Lipinski definition) is 0. The van der Waals surface area contributed by atoms with Crippen molar-refractivity contribution < 1.29 is 0 Å². The molecule has 4 heterocycles. The molecule has 106 valence electrons. The minimum atomic E-state index is 0.969. The summed E-state index contributed by atoms with van der Waals surface area (Å²) in [4.78, 5) is 19.1. The predicted octanol–water partition coefficient (Wildman–Crippen LogP) is 2.41. The second-order valence-electron chi connectivity index (χ2n) is 4.99. The third-order valence-electron chi connectivity index (χ3n) is 3.68. The van der Waals surface area contributed by atoms with Crippen molar-refractivity contribution in [1.29, 1.82) is 0 Å². The SMILES string of the molecule is c1ccc(N2CCN(c3nc4cccnc4s3)CC2)nc1. The number of aromatic nitrogens is 3. The lowest BCUT2D eigenvalue weighted by Gasteiger charge is -2.35. The van der Waals surface area contributed by atoms with E-state index >= 15 is 0 Å². The molecular weight excluding hydrogens is 282 g/mol. The highest BCUT2D eigenvalue weighted by molar-refractivity contribution is 7.21. The van der Waals surface area contributed by atoms with Crippen molar-refractivity contribution in [2.24, 2.45) is 0 Å². The second kappa shape index (κ2) is 5.29. The molecule has 0 amide bonds. The Hall–Kier alpha value is -2.21. The van der Waals surface area contributed by atoms with E-state index in [4.69, 9.17) is 0 Å². The quantitative estimate of drug-likeness (QED) is 0.727. The van der Waals surface area contributed by atoms with Gasteiger partial charge < -0.3 is 9.80 Å². The Kier molecular flexibility index (Phi) is 3.16. The largest absolute Gasteiger partial charge is 0.353 e. The van der Waals surface area contributed by atoms with Gasteiger partial charge in [0.15, 0.2) is 5.13 Å². The van der Waals surface area contributed by atoms with Crippen LogP contribution in [-0.2, 0) is 0 Å². The van der Waals surface area contributed by atoms with Crippen molar-refractivity contribution in [3.63, 3.8) is 0 Å². The smallest absolute Gasteiger partial charge is 0.188 e. The van der Waals surface area contributed by atoms with E-state index in [9.17, 15) is 0 Å². The molecule has 0 spiro atoms. The molecule has 0 saturated carbocycles. The van der Waals surface area contributed by atoms with Gasteiger partial charge in [-0.25, -0.2) is 15.0 Å². The molecule has 0 atom stereocenters. The summed E-state index contributed by atoms with van der Waals surface area (Å²) in [7, 11) is 0. The lowest BCUT2D eigenvalue weighted by atomic mass is 10.3. The van der Waals surface area contributed by atoms with Crippen LogP contribution in [0.4, 0.5) is 10.9 Å². The van der Waals surface area contributed by atoms with E-state index in [1.807, 2.05) is 36.7 Å². The first-order chi connectivity index (χ1) is 10.4. The Balaban J connectivity index is 1.50. The van der Waals surface area contributed by atoms with Crippen molar-refractivity contribution in [2.75, 3.05) is 36.0 Å². The molecule has 3 aromatic heterocycles. The molecule has 0 unspecified atom stereocenters. The number of pyridine rings is 2. The van der Waals surface area contributed by atoms with Gasteiger partial charge in [0, 0.05) is 38.6 Å². The number of hydrogen-bond acceptors (Lipinski definition) is 6. The Morgan fingerprint density at radius 3 is 2.43 bits per heavy atom. The van der Waals surface area contributed by atoms with Crippen molar-refractivity contribution in [3.8, 4) is 0 Å². The molecule has 0 radical (unpaired) electrons. The topological polar surface area (TPSA) is 45.2 Å². The zero-order valence-corrected chi connectivity index (χ0v) is 12.3. The summed E-state index contributed by atoms with van der Waals surface area (Å²) < 4.78 is 0. The van der Waals surface area contributed by atoms with Gasteiger partial charge in [-0.1, -0.05) is 17.4 Å². The Bertz CT molecular complexity index is 701. The number of piperazine rings is 1. The Labute approximate surface area is 126 Å². The number of nitrogens with zero attached hydrogens (tertiary/aromatic N) is 5. The fourth-order valence-corrected chi connectivity index (χ4v) is 3.52. The molecule has 5 nitrogen and oxygen atoms in total. The van der Waals surface area contributed by atoms with Crippen LogP contribution < -0.4 is 9.80 Å². The molecule has 0 aliphatic carbocycles. The summed E-state index contributed by atoms with van der Waals surface area (Å²) in [5.74, 6) is 1.06. The van der Waals surface area contributed by atoms with Gasteiger partial charge in [-0.3, -0.25) is 0 Å². The average Bonchev–Trinajstić information content (AvgIpc) is 3.00. The van der Waals surface area contributed by atoms with Crippen LogP contribution >= 0.6 is 11.3 Å². The highest BCUT2D eigenvalue weighted by Crippen LogP contribution is 2.28. The van der Waals surface area contributed by atoms with Gasteiger partial charge >= 0.3 is 0 Å². The summed E-state index contributed by atoms with van der Waals surface area (Å²) >= 11 is 1.67. The van der Waals surface area contributed by atoms with Gasteiger partial charge in [-0.05, 0) is 24.3 Å². The molecule has 0 bridgehead atoms. The minimum Gasteiger partial charge on any atom is -0.353 e. The number of fused-ring (bicyclic) bond motifs is 1. The lowest BCUT2D eigenvalue weighted by Crippen LogP contribution is -2.46. The Morgan fingerprint density at radius 1 is 0.857 bits per heavy atom. The van der Waals surface area contributed by atoms with E-state index in [0.717, 1.165) is 47.5 Å². The van der Waals surface area contributed by atoms with Crippen LogP contribution in [0.25, 0.3) is 10.3 Å². The fourth-order valence-electron chi connectivity index (χ4n) is 2.56. The second-order valence-corrected chi connectivity index (χ2v) is 5.94. The first-order valence-electron chi connectivity index (χ1n) is 7.03. The van der Waals surface area contributed by atoms with Gasteiger partial charge in [0.05, 0.1) is 0 Å². The maximum absolute atomic E-state index is 4.68. The molecule has 1 fully saturated rings. The van der Waals surface area contributed by atoms with Gasteiger partial charge in [0.25, 0.3) is 0 Å². The third kappa shape index (κ3) is 2.42. The summed E-state index contributed by atoms with van der Waals surface area (Å²) in [5.41, 5.74) is 0.990. The van der Waals surface area contributed by atoms with Gasteiger partial charge in [0.1, 0.15) is 16.2 Å². The zero-order chi connectivity index (χ0) is 14.1. The minimum absolute atomic E-state index is 0.969. The van der Waals surface area contributed by atoms with Gasteiger partial charge in [-0.15, -0.1) is 0 Å². The maximum Gasteiger partial charge on any atom is 0.188 e. The summed E-state index contributed by atoms with van der Waals surface area (Å²) in [6.07, 6.45) is 3.67. The molecule has 4 rings (SSSR count). The van der Waals surface area contributed by atoms with Crippen molar-refractivity contribution in [2.45, 2.75) is 0 Å². The molecule has 0 N–H and O–H groups in total. The number of rotatable bonds is 2. The summed E-state index contributed by atoms with van der Waals surface area (Å²) in [6, 6.07) is 10.0. The zero-order valence-electron chi connectivity index (χ0n) is 11.5.